The Balaban J connectivity index is 2.20. The Kier molecular flexibility index (Phi) is 3.44. The predicted molar refractivity (Wildman–Crippen MR) is 91.2 cm³/mol. The lowest BCUT2D eigenvalue weighted by atomic mass is 10.0. The van der Waals surface area contributed by atoms with E-state index < -0.39 is 0 Å². The normalized spacial score (nSPS) is 12.6. The summed E-state index contributed by atoms with van der Waals surface area (Å²) in [6, 6.07) is 8.65. The van der Waals surface area contributed by atoms with E-state index in [1.165, 1.54) is 32.9 Å². The third-order valence-electron chi connectivity index (χ3n) is 3.86. The highest BCUT2D eigenvalue weighted by molar-refractivity contribution is 6.08. The first kappa shape index (κ1) is 13.4. The summed E-state index contributed by atoms with van der Waals surface area (Å²) >= 11 is 0. The molecule has 104 valence electrons. The first-order valence-corrected chi connectivity index (χ1v) is 7.01. The van der Waals surface area contributed by atoms with E-state index in [4.69, 9.17) is 0 Å². The number of hydrogen-bond donors (Lipinski definition) is 0. The van der Waals surface area contributed by atoms with E-state index in [9.17, 15) is 0 Å². The lowest BCUT2D eigenvalue weighted by molar-refractivity contribution is 1.01. The molecule has 0 bridgehead atoms. The predicted octanol–water partition coefficient (Wildman–Crippen LogP) is 4.87. The summed E-state index contributed by atoms with van der Waals surface area (Å²) in [6.45, 7) is 5.81. The SMILES string of the molecule is C=C/C=C\C=C(/C)c1ccc2c(c1)c1cnccc1n2C. The molecule has 3 rings (SSSR count). The van der Waals surface area contributed by atoms with E-state index in [1.807, 2.05) is 24.5 Å². The van der Waals surface area contributed by atoms with Crippen molar-refractivity contribution in [3.63, 3.8) is 0 Å². The molecule has 2 aromatic heterocycles. The Morgan fingerprint density at radius 3 is 2.76 bits per heavy atom. The zero-order valence-corrected chi connectivity index (χ0v) is 12.4. The molecular formula is C19H18N2. The minimum Gasteiger partial charge on any atom is -0.344 e. The standard InChI is InChI=1S/C19H18N2/c1-4-5-6-7-14(2)15-8-9-18-16(12-15)17-13-20-11-10-19(17)21(18)3/h4-13H,1H2,2-3H3/b6-5-,14-7+. The van der Waals surface area contributed by atoms with Gasteiger partial charge in [0.2, 0.25) is 0 Å². The fourth-order valence-corrected chi connectivity index (χ4v) is 2.68. The summed E-state index contributed by atoms with van der Waals surface area (Å²) in [5.41, 5.74) is 4.91. The van der Waals surface area contributed by atoms with Gasteiger partial charge in [0.25, 0.3) is 0 Å². The lowest BCUT2D eigenvalue weighted by Crippen LogP contribution is -1.86. The third kappa shape index (κ3) is 2.29. The molecule has 1 aromatic carbocycles. The summed E-state index contributed by atoms with van der Waals surface area (Å²) in [6.07, 6.45) is 11.6. The zero-order valence-electron chi connectivity index (χ0n) is 12.4. The van der Waals surface area contributed by atoms with Crippen LogP contribution in [0.2, 0.25) is 0 Å². The highest BCUT2D eigenvalue weighted by Gasteiger charge is 2.08. The van der Waals surface area contributed by atoms with Crippen LogP contribution >= 0.6 is 0 Å². The van der Waals surface area contributed by atoms with E-state index in [-0.39, 0.29) is 0 Å². The molecule has 0 fully saturated rings. The molecule has 0 spiro atoms. The third-order valence-corrected chi connectivity index (χ3v) is 3.86. The van der Waals surface area contributed by atoms with Crippen molar-refractivity contribution in [2.75, 3.05) is 0 Å². The molecule has 0 aliphatic rings. The zero-order chi connectivity index (χ0) is 14.8. The largest absolute Gasteiger partial charge is 0.344 e. The first-order chi connectivity index (χ1) is 10.2. The fraction of sp³-hybridized carbons (Fsp3) is 0.105. The lowest BCUT2D eigenvalue weighted by Gasteiger charge is -2.02. The second-order valence-corrected chi connectivity index (χ2v) is 5.15. The number of nitrogens with zero attached hydrogens (tertiary/aromatic N) is 2. The van der Waals surface area contributed by atoms with E-state index in [0.717, 1.165) is 0 Å². The number of rotatable bonds is 3. The van der Waals surface area contributed by atoms with Gasteiger partial charge in [0.1, 0.15) is 0 Å². The molecule has 3 aromatic rings. The van der Waals surface area contributed by atoms with E-state index in [1.54, 1.807) is 6.08 Å². The maximum Gasteiger partial charge on any atom is 0.0519 e. The van der Waals surface area contributed by atoms with Crippen molar-refractivity contribution in [2.45, 2.75) is 6.92 Å². The average Bonchev–Trinajstić information content (AvgIpc) is 2.81. The van der Waals surface area contributed by atoms with Crippen molar-refractivity contribution < 1.29 is 0 Å². The number of aromatic nitrogens is 2. The Morgan fingerprint density at radius 1 is 1.14 bits per heavy atom. The minimum absolute atomic E-state index is 1.20. The van der Waals surface area contributed by atoms with Gasteiger partial charge in [-0.15, -0.1) is 0 Å². The van der Waals surface area contributed by atoms with Gasteiger partial charge in [-0.2, -0.15) is 0 Å². The van der Waals surface area contributed by atoms with Crippen molar-refractivity contribution in [3.05, 3.63) is 73.1 Å². The highest BCUT2D eigenvalue weighted by Crippen LogP contribution is 2.29. The molecule has 21 heavy (non-hydrogen) atoms. The molecule has 0 radical (unpaired) electrons. The molecule has 0 saturated heterocycles. The second-order valence-electron chi connectivity index (χ2n) is 5.15. The van der Waals surface area contributed by atoms with Crippen molar-refractivity contribution in [3.8, 4) is 0 Å². The Bertz CT molecular complexity index is 879. The molecule has 0 N–H and O–H groups in total. The molecule has 0 saturated carbocycles. The van der Waals surface area contributed by atoms with E-state index in [2.05, 4.69) is 60.4 Å². The molecule has 0 atom stereocenters. The van der Waals surface area contributed by atoms with Gasteiger partial charge in [-0.1, -0.05) is 36.9 Å². The molecule has 2 nitrogen and oxygen atoms in total. The van der Waals surface area contributed by atoms with Gasteiger partial charge in [0.05, 0.1) is 5.52 Å². The van der Waals surface area contributed by atoms with Crippen LogP contribution in [0, 0.1) is 0 Å². The van der Waals surface area contributed by atoms with Crippen molar-refractivity contribution in [2.24, 2.45) is 7.05 Å². The maximum absolute atomic E-state index is 4.26. The monoisotopic (exact) mass is 274 g/mol. The van der Waals surface area contributed by atoms with Gasteiger partial charge in [-0.25, -0.2) is 0 Å². The van der Waals surface area contributed by atoms with E-state index >= 15 is 0 Å². The van der Waals surface area contributed by atoms with Crippen LogP contribution in [0.4, 0.5) is 0 Å². The first-order valence-electron chi connectivity index (χ1n) is 7.01. The number of benzene rings is 1. The fourth-order valence-electron chi connectivity index (χ4n) is 2.68. The van der Waals surface area contributed by atoms with Gasteiger partial charge < -0.3 is 4.57 Å². The molecule has 0 aliphatic heterocycles. The van der Waals surface area contributed by atoms with Crippen LogP contribution in [0.15, 0.2) is 67.5 Å². The molecule has 2 heterocycles. The Hall–Kier alpha value is -2.61. The van der Waals surface area contributed by atoms with Crippen molar-refractivity contribution >= 4 is 27.4 Å². The molecule has 2 heteroatoms. The molecule has 0 unspecified atom stereocenters. The van der Waals surface area contributed by atoms with Gasteiger partial charge in [0, 0.05) is 35.7 Å². The van der Waals surface area contributed by atoms with Crippen LogP contribution in [-0.2, 0) is 7.05 Å². The number of hydrogen-bond acceptors (Lipinski definition) is 1. The summed E-state index contributed by atoms with van der Waals surface area (Å²) in [5.74, 6) is 0. The maximum atomic E-state index is 4.26. The molecule has 0 aliphatic carbocycles. The smallest absolute Gasteiger partial charge is 0.0519 e. The molecular weight excluding hydrogens is 256 g/mol. The van der Waals surface area contributed by atoms with E-state index in [0.29, 0.717) is 0 Å². The van der Waals surface area contributed by atoms with Crippen LogP contribution < -0.4 is 0 Å². The summed E-state index contributed by atoms with van der Waals surface area (Å²) in [5, 5.41) is 2.45. The van der Waals surface area contributed by atoms with Crippen LogP contribution in [-0.4, -0.2) is 9.55 Å². The second kappa shape index (κ2) is 5.41. The summed E-state index contributed by atoms with van der Waals surface area (Å²) in [4.78, 5) is 4.26. The van der Waals surface area contributed by atoms with Crippen molar-refractivity contribution in [1.29, 1.82) is 0 Å². The number of pyridine rings is 1. The average molecular weight is 274 g/mol. The van der Waals surface area contributed by atoms with Crippen LogP contribution in [0.1, 0.15) is 12.5 Å². The van der Waals surface area contributed by atoms with Crippen molar-refractivity contribution in [1.82, 2.24) is 9.55 Å². The van der Waals surface area contributed by atoms with Crippen LogP contribution in [0.5, 0.6) is 0 Å². The topological polar surface area (TPSA) is 17.8 Å². The van der Waals surface area contributed by atoms with Crippen LogP contribution in [0.25, 0.3) is 27.4 Å². The minimum atomic E-state index is 1.20. The Labute approximate surface area is 124 Å². The molecule has 0 amide bonds. The quantitative estimate of drug-likeness (QED) is 0.623. The van der Waals surface area contributed by atoms with Gasteiger partial charge in [-0.05, 0) is 36.3 Å². The highest BCUT2D eigenvalue weighted by atomic mass is 14.9. The van der Waals surface area contributed by atoms with Gasteiger partial charge in [0.15, 0.2) is 0 Å². The number of allylic oxidation sites excluding steroid dienone is 5. The Morgan fingerprint density at radius 2 is 1.95 bits per heavy atom. The van der Waals surface area contributed by atoms with Gasteiger partial charge >= 0.3 is 0 Å². The number of aryl methyl sites for hydroxylation is 1. The van der Waals surface area contributed by atoms with Crippen LogP contribution in [0.3, 0.4) is 0 Å². The van der Waals surface area contributed by atoms with Gasteiger partial charge in [-0.3, -0.25) is 4.98 Å². The number of fused-ring (bicyclic) bond motifs is 3. The summed E-state index contributed by atoms with van der Waals surface area (Å²) in [7, 11) is 2.10. The summed E-state index contributed by atoms with van der Waals surface area (Å²) < 4.78 is 2.22.